The summed E-state index contributed by atoms with van der Waals surface area (Å²) >= 11 is 0. The fraction of sp³-hybridized carbons (Fsp3) is 0.667. The Labute approximate surface area is 154 Å². The number of rotatable bonds is 4. The molecule has 5 rings (SSSR count). The van der Waals surface area contributed by atoms with Crippen LogP contribution in [0.3, 0.4) is 0 Å². The maximum absolute atomic E-state index is 13.9. The normalized spacial score (nSPS) is 31.3. The minimum atomic E-state index is -0.257. The standard InChI is InChI=1S/C18H28FN7/c1-20-18(22-11-15-13-24-7-9-25(15)10-8-24)23-14-4-6-26(12-14)17-16(19)3-2-5-21-17/h2-3,5,14-15H,4,6-13H2,1H3,(H2,20,22,23). The molecule has 0 amide bonds. The SMILES string of the molecule is CN=C(NCC1CN2CCN1CC2)NC1CCN(c2ncccc2F)C1. The molecular weight excluding hydrogens is 333 g/mol. The molecule has 2 N–H and O–H groups in total. The number of halogens is 1. The molecule has 2 bridgehead atoms. The lowest BCUT2D eigenvalue weighted by atomic mass is 10.1. The van der Waals surface area contributed by atoms with Gasteiger partial charge in [-0.2, -0.15) is 0 Å². The molecule has 5 heterocycles. The van der Waals surface area contributed by atoms with E-state index in [0.29, 0.717) is 11.9 Å². The summed E-state index contributed by atoms with van der Waals surface area (Å²) in [6.45, 7) is 8.32. The average Bonchev–Trinajstić information content (AvgIpc) is 3.14. The summed E-state index contributed by atoms with van der Waals surface area (Å²) in [4.78, 5) is 15.7. The molecule has 1 aromatic rings. The first-order valence-corrected chi connectivity index (χ1v) is 9.52. The van der Waals surface area contributed by atoms with E-state index in [0.717, 1.165) is 38.6 Å². The molecule has 4 aliphatic heterocycles. The maximum atomic E-state index is 13.9. The number of hydrogen-bond acceptors (Lipinski definition) is 5. The average molecular weight is 361 g/mol. The van der Waals surface area contributed by atoms with E-state index in [9.17, 15) is 4.39 Å². The largest absolute Gasteiger partial charge is 0.355 e. The van der Waals surface area contributed by atoms with Gasteiger partial charge in [-0.25, -0.2) is 9.37 Å². The second kappa shape index (κ2) is 7.75. The van der Waals surface area contributed by atoms with Gasteiger partial charge < -0.3 is 15.5 Å². The third-order valence-electron chi connectivity index (χ3n) is 5.69. The van der Waals surface area contributed by atoms with E-state index in [1.165, 1.54) is 32.2 Å². The number of nitrogens with one attached hydrogen (secondary N) is 2. The van der Waals surface area contributed by atoms with Crippen molar-refractivity contribution in [1.29, 1.82) is 0 Å². The Morgan fingerprint density at radius 2 is 2.12 bits per heavy atom. The van der Waals surface area contributed by atoms with E-state index in [1.807, 2.05) is 4.90 Å². The minimum absolute atomic E-state index is 0.245. The molecule has 4 fully saturated rings. The molecule has 8 heteroatoms. The van der Waals surface area contributed by atoms with Gasteiger partial charge in [-0.05, 0) is 18.6 Å². The van der Waals surface area contributed by atoms with Gasteiger partial charge >= 0.3 is 0 Å². The lowest BCUT2D eigenvalue weighted by molar-refractivity contribution is 0.0154. The summed E-state index contributed by atoms with van der Waals surface area (Å²) in [5, 5.41) is 6.96. The highest BCUT2D eigenvalue weighted by molar-refractivity contribution is 5.80. The van der Waals surface area contributed by atoms with Crippen LogP contribution in [0.2, 0.25) is 0 Å². The Balaban J connectivity index is 1.27. The van der Waals surface area contributed by atoms with Gasteiger partial charge in [0.05, 0.1) is 0 Å². The molecule has 0 saturated carbocycles. The zero-order chi connectivity index (χ0) is 17.9. The fourth-order valence-electron chi connectivity index (χ4n) is 4.20. The summed E-state index contributed by atoms with van der Waals surface area (Å²) in [6, 6.07) is 3.89. The number of nitrogens with zero attached hydrogens (tertiary/aromatic N) is 5. The number of guanidine groups is 1. The van der Waals surface area contributed by atoms with Crippen LogP contribution in [0.25, 0.3) is 0 Å². The smallest absolute Gasteiger partial charge is 0.191 e. The van der Waals surface area contributed by atoms with Crippen LogP contribution in [-0.4, -0.2) is 92.2 Å². The molecule has 4 saturated heterocycles. The first-order valence-electron chi connectivity index (χ1n) is 9.52. The predicted molar refractivity (Wildman–Crippen MR) is 101 cm³/mol. The number of fused-ring (bicyclic) bond motifs is 3. The summed E-state index contributed by atoms with van der Waals surface area (Å²) < 4.78 is 13.9. The molecular formula is C18H28FN7. The molecule has 0 aliphatic carbocycles. The van der Waals surface area contributed by atoms with Crippen LogP contribution >= 0.6 is 0 Å². The number of piperazine rings is 3. The van der Waals surface area contributed by atoms with Gasteiger partial charge in [0.25, 0.3) is 0 Å². The zero-order valence-corrected chi connectivity index (χ0v) is 15.4. The van der Waals surface area contributed by atoms with E-state index >= 15 is 0 Å². The molecule has 4 aliphatic rings. The molecule has 7 nitrogen and oxygen atoms in total. The highest BCUT2D eigenvalue weighted by atomic mass is 19.1. The van der Waals surface area contributed by atoms with Gasteiger partial charge in [0.1, 0.15) is 0 Å². The van der Waals surface area contributed by atoms with Gasteiger partial charge in [-0.3, -0.25) is 14.8 Å². The highest BCUT2D eigenvalue weighted by Gasteiger charge is 2.32. The number of pyridine rings is 1. The minimum Gasteiger partial charge on any atom is -0.355 e. The topological polar surface area (TPSA) is 59.0 Å². The van der Waals surface area contributed by atoms with E-state index in [4.69, 9.17) is 0 Å². The third kappa shape index (κ3) is 3.76. The van der Waals surface area contributed by atoms with Crippen LogP contribution < -0.4 is 15.5 Å². The summed E-state index contributed by atoms with van der Waals surface area (Å²) in [5.41, 5.74) is 0. The number of anilines is 1. The molecule has 1 aromatic heterocycles. The van der Waals surface area contributed by atoms with Crippen molar-refractivity contribution in [3.05, 3.63) is 24.1 Å². The van der Waals surface area contributed by atoms with Crippen molar-refractivity contribution in [3.63, 3.8) is 0 Å². The predicted octanol–water partition coefficient (Wildman–Crippen LogP) is -0.0358. The molecule has 0 radical (unpaired) electrons. The third-order valence-corrected chi connectivity index (χ3v) is 5.69. The highest BCUT2D eigenvalue weighted by Crippen LogP contribution is 2.20. The van der Waals surface area contributed by atoms with Crippen LogP contribution in [0.15, 0.2) is 23.3 Å². The van der Waals surface area contributed by atoms with Crippen molar-refractivity contribution in [2.45, 2.75) is 18.5 Å². The van der Waals surface area contributed by atoms with Crippen LogP contribution in [0.5, 0.6) is 0 Å². The van der Waals surface area contributed by atoms with E-state index < -0.39 is 0 Å². The Morgan fingerprint density at radius 3 is 2.81 bits per heavy atom. The summed E-state index contributed by atoms with van der Waals surface area (Å²) in [6.07, 6.45) is 2.59. The molecule has 2 unspecified atom stereocenters. The van der Waals surface area contributed by atoms with Crippen molar-refractivity contribution < 1.29 is 4.39 Å². The first kappa shape index (κ1) is 17.5. The van der Waals surface area contributed by atoms with E-state index in [1.54, 1.807) is 19.3 Å². The quantitative estimate of drug-likeness (QED) is 0.580. The molecule has 0 aromatic carbocycles. The Bertz CT molecular complexity index is 644. The number of aliphatic imine (C=N–C) groups is 1. The number of hydrogen-bond donors (Lipinski definition) is 2. The lowest BCUT2D eigenvalue weighted by Gasteiger charge is -2.47. The molecule has 142 valence electrons. The van der Waals surface area contributed by atoms with Crippen LogP contribution in [-0.2, 0) is 0 Å². The van der Waals surface area contributed by atoms with Gasteiger partial charge in [-0.1, -0.05) is 0 Å². The Kier molecular flexibility index (Phi) is 5.21. The van der Waals surface area contributed by atoms with Gasteiger partial charge in [0.15, 0.2) is 17.6 Å². The van der Waals surface area contributed by atoms with E-state index in [-0.39, 0.29) is 11.9 Å². The van der Waals surface area contributed by atoms with Gasteiger partial charge in [0.2, 0.25) is 0 Å². The van der Waals surface area contributed by atoms with Crippen LogP contribution in [0, 0.1) is 5.82 Å². The van der Waals surface area contributed by atoms with Crippen molar-refractivity contribution >= 4 is 11.8 Å². The van der Waals surface area contributed by atoms with Crippen LogP contribution in [0.1, 0.15) is 6.42 Å². The number of aromatic nitrogens is 1. The Morgan fingerprint density at radius 1 is 1.27 bits per heavy atom. The molecule has 2 atom stereocenters. The summed E-state index contributed by atoms with van der Waals surface area (Å²) in [5.74, 6) is 1.02. The summed E-state index contributed by atoms with van der Waals surface area (Å²) in [7, 11) is 1.80. The van der Waals surface area contributed by atoms with Crippen LogP contribution in [0.4, 0.5) is 10.2 Å². The molecule has 0 spiro atoms. The first-order chi connectivity index (χ1) is 12.7. The lowest BCUT2D eigenvalue weighted by Crippen LogP contribution is -2.64. The molecule has 26 heavy (non-hydrogen) atoms. The van der Waals surface area contributed by atoms with E-state index in [2.05, 4.69) is 30.4 Å². The second-order valence-corrected chi connectivity index (χ2v) is 7.33. The maximum Gasteiger partial charge on any atom is 0.191 e. The van der Waals surface area contributed by atoms with Crippen molar-refractivity contribution in [1.82, 2.24) is 25.4 Å². The van der Waals surface area contributed by atoms with Gasteiger partial charge in [0, 0.05) is 77.7 Å². The van der Waals surface area contributed by atoms with Crippen molar-refractivity contribution in [3.8, 4) is 0 Å². The monoisotopic (exact) mass is 361 g/mol. The second-order valence-electron chi connectivity index (χ2n) is 7.33. The fourth-order valence-corrected chi connectivity index (χ4v) is 4.20. The Hall–Kier alpha value is -1.93. The van der Waals surface area contributed by atoms with Crippen molar-refractivity contribution in [2.75, 3.05) is 64.3 Å². The van der Waals surface area contributed by atoms with Crippen molar-refractivity contribution in [2.24, 2.45) is 4.99 Å². The van der Waals surface area contributed by atoms with Gasteiger partial charge in [-0.15, -0.1) is 0 Å². The zero-order valence-electron chi connectivity index (χ0n) is 15.4.